The molecular formula is C22H19N3O7S. The second-order valence-corrected chi connectivity index (χ2v) is 8.30. The second-order valence-electron chi connectivity index (χ2n) is 6.61. The summed E-state index contributed by atoms with van der Waals surface area (Å²) in [7, 11) is -4.22. The van der Waals surface area contributed by atoms with Gasteiger partial charge in [0.2, 0.25) is 0 Å². The largest absolute Gasteiger partial charge is 0.492 e. The fourth-order valence-electron chi connectivity index (χ4n) is 2.63. The van der Waals surface area contributed by atoms with Crippen LogP contribution >= 0.6 is 0 Å². The Balaban J connectivity index is 1.55. The fraction of sp³-hybridized carbons (Fsp3) is 0.0909. The average Bonchev–Trinajstić information content (AvgIpc) is 2.82. The van der Waals surface area contributed by atoms with Gasteiger partial charge >= 0.3 is 5.97 Å². The van der Waals surface area contributed by atoms with Crippen molar-refractivity contribution in [2.75, 3.05) is 13.2 Å². The smallest absolute Gasteiger partial charge is 0.354 e. The van der Waals surface area contributed by atoms with Crippen molar-refractivity contribution in [2.45, 2.75) is 4.90 Å². The Morgan fingerprint density at radius 3 is 2.15 bits per heavy atom. The summed E-state index contributed by atoms with van der Waals surface area (Å²) < 4.78 is 32.3. The molecule has 33 heavy (non-hydrogen) atoms. The molecule has 0 saturated carbocycles. The van der Waals surface area contributed by atoms with Crippen LogP contribution in [0.4, 0.5) is 0 Å². The van der Waals surface area contributed by atoms with Gasteiger partial charge in [0.1, 0.15) is 18.1 Å². The first-order chi connectivity index (χ1) is 15.8. The number of sulfonamides is 1. The number of para-hydroxylation sites is 1. The van der Waals surface area contributed by atoms with Crippen LogP contribution in [0.2, 0.25) is 0 Å². The summed E-state index contributed by atoms with van der Waals surface area (Å²) in [6.07, 6.45) is 0.962. The van der Waals surface area contributed by atoms with E-state index in [0.29, 0.717) is 5.75 Å². The van der Waals surface area contributed by atoms with E-state index in [1.54, 1.807) is 12.1 Å². The number of hydrogen-bond donors (Lipinski definition) is 3. The van der Waals surface area contributed by atoms with Gasteiger partial charge in [0.15, 0.2) is 0 Å². The monoisotopic (exact) mass is 469 g/mol. The molecule has 2 aromatic carbocycles. The normalized spacial score (nSPS) is 10.8. The Kier molecular flexibility index (Phi) is 7.36. The van der Waals surface area contributed by atoms with Crippen LogP contribution in [-0.2, 0) is 10.0 Å². The van der Waals surface area contributed by atoms with Crippen molar-refractivity contribution in [2.24, 2.45) is 0 Å². The van der Waals surface area contributed by atoms with E-state index >= 15 is 0 Å². The van der Waals surface area contributed by atoms with Crippen LogP contribution in [0.15, 0.2) is 77.8 Å². The van der Waals surface area contributed by atoms with Gasteiger partial charge in [-0.1, -0.05) is 18.2 Å². The molecule has 1 aromatic heterocycles. The van der Waals surface area contributed by atoms with Gasteiger partial charge in [0.25, 0.3) is 21.8 Å². The zero-order valence-electron chi connectivity index (χ0n) is 17.1. The first-order valence-electron chi connectivity index (χ1n) is 9.59. The van der Waals surface area contributed by atoms with Gasteiger partial charge in [0, 0.05) is 11.8 Å². The van der Waals surface area contributed by atoms with Gasteiger partial charge in [-0.15, -0.1) is 0 Å². The molecule has 11 heteroatoms. The summed E-state index contributed by atoms with van der Waals surface area (Å²) in [6, 6.07) is 16.4. The van der Waals surface area contributed by atoms with Gasteiger partial charge < -0.3 is 15.2 Å². The molecule has 0 bridgehead atoms. The number of carbonyl (C=O) groups excluding carboxylic acids is 2. The molecule has 0 saturated heterocycles. The molecule has 0 aliphatic heterocycles. The van der Waals surface area contributed by atoms with Crippen LogP contribution in [0, 0.1) is 0 Å². The lowest BCUT2D eigenvalue weighted by atomic mass is 10.2. The Morgan fingerprint density at radius 1 is 0.879 bits per heavy atom. The number of benzene rings is 2. The van der Waals surface area contributed by atoms with E-state index in [9.17, 15) is 22.8 Å². The lowest BCUT2D eigenvalue weighted by Gasteiger charge is -2.09. The Morgan fingerprint density at radius 2 is 1.55 bits per heavy atom. The van der Waals surface area contributed by atoms with E-state index in [2.05, 4.69) is 10.3 Å². The van der Waals surface area contributed by atoms with Crippen LogP contribution in [0.5, 0.6) is 5.75 Å². The standard InChI is InChI=1S/C22H19N3O7S/c26-20(23-12-13-32-17-4-2-1-3-5-17)15-6-9-18(10-7-15)33(30,31)25-21(27)16-8-11-19(22(28)29)24-14-16/h1-11,14H,12-13H2,(H,23,26)(H,25,27)(H,28,29). The molecule has 0 atom stereocenters. The van der Waals surface area contributed by atoms with Crippen molar-refractivity contribution >= 4 is 27.8 Å². The minimum absolute atomic E-state index is 0.128. The molecule has 3 rings (SSSR count). The van der Waals surface area contributed by atoms with Crippen LogP contribution in [-0.4, -0.2) is 49.4 Å². The van der Waals surface area contributed by atoms with E-state index in [-0.39, 0.29) is 34.9 Å². The first kappa shape index (κ1) is 23.4. The predicted molar refractivity (Wildman–Crippen MR) is 117 cm³/mol. The molecule has 0 radical (unpaired) electrons. The second kappa shape index (κ2) is 10.4. The first-order valence-corrected chi connectivity index (χ1v) is 11.1. The molecular weight excluding hydrogens is 450 g/mol. The highest BCUT2D eigenvalue weighted by Crippen LogP contribution is 2.12. The molecule has 0 spiro atoms. The van der Waals surface area contributed by atoms with Crippen molar-refractivity contribution in [3.8, 4) is 5.75 Å². The maximum atomic E-state index is 12.5. The highest BCUT2D eigenvalue weighted by molar-refractivity contribution is 7.90. The third-order valence-electron chi connectivity index (χ3n) is 4.30. The number of carboxylic acids is 1. The topological polar surface area (TPSA) is 152 Å². The summed E-state index contributed by atoms with van der Waals surface area (Å²) in [6.45, 7) is 0.509. The Labute approximate surface area is 189 Å². The number of hydrogen-bond acceptors (Lipinski definition) is 7. The molecule has 0 aliphatic rings. The van der Waals surface area contributed by atoms with E-state index in [0.717, 1.165) is 18.3 Å². The van der Waals surface area contributed by atoms with Crippen molar-refractivity contribution < 1.29 is 32.6 Å². The average molecular weight is 469 g/mol. The van der Waals surface area contributed by atoms with E-state index in [1.165, 1.54) is 24.3 Å². The van der Waals surface area contributed by atoms with Crippen LogP contribution in [0.1, 0.15) is 31.2 Å². The molecule has 10 nitrogen and oxygen atoms in total. The molecule has 3 N–H and O–H groups in total. The van der Waals surface area contributed by atoms with Crippen molar-refractivity contribution in [3.63, 3.8) is 0 Å². The predicted octanol–water partition coefficient (Wildman–Crippen LogP) is 1.71. The molecule has 1 heterocycles. The summed E-state index contributed by atoms with van der Waals surface area (Å²) in [5.74, 6) is -1.98. The number of ether oxygens (including phenoxy) is 1. The van der Waals surface area contributed by atoms with Crippen LogP contribution < -0.4 is 14.8 Å². The van der Waals surface area contributed by atoms with Gasteiger partial charge in [-0.3, -0.25) is 9.59 Å². The summed E-state index contributed by atoms with van der Waals surface area (Å²) in [5, 5.41) is 11.5. The number of aromatic nitrogens is 1. The maximum Gasteiger partial charge on any atom is 0.354 e. The summed E-state index contributed by atoms with van der Waals surface area (Å²) in [5.41, 5.74) is -0.180. The van der Waals surface area contributed by atoms with Crippen molar-refractivity contribution in [1.82, 2.24) is 15.0 Å². The molecule has 170 valence electrons. The lowest BCUT2D eigenvalue weighted by Crippen LogP contribution is -2.31. The minimum atomic E-state index is -4.22. The van der Waals surface area contributed by atoms with Gasteiger partial charge in [-0.2, -0.15) is 0 Å². The van der Waals surface area contributed by atoms with Gasteiger partial charge in [-0.05, 0) is 48.5 Å². The third-order valence-corrected chi connectivity index (χ3v) is 5.65. The zero-order chi connectivity index (χ0) is 23.8. The highest BCUT2D eigenvalue weighted by atomic mass is 32.2. The van der Waals surface area contributed by atoms with Crippen molar-refractivity contribution in [1.29, 1.82) is 0 Å². The third kappa shape index (κ3) is 6.37. The Hall–Kier alpha value is -4.25. The molecule has 0 aliphatic carbocycles. The van der Waals surface area contributed by atoms with E-state index < -0.39 is 27.8 Å². The van der Waals surface area contributed by atoms with E-state index in [1.807, 2.05) is 22.9 Å². The number of aromatic carboxylic acids is 1. The molecule has 0 fully saturated rings. The SMILES string of the molecule is O=C(NCCOc1ccccc1)c1ccc(S(=O)(=O)NC(=O)c2ccc(C(=O)O)nc2)cc1. The van der Waals surface area contributed by atoms with Gasteiger partial charge in [-0.25, -0.2) is 22.9 Å². The maximum absolute atomic E-state index is 12.5. The number of carboxylic acid groups (broad SMARTS) is 1. The number of amides is 2. The van der Waals surface area contributed by atoms with Crippen LogP contribution in [0.25, 0.3) is 0 Å². The summed E-state index contributed by atoms with van der Waals surface area (Å²) in [4.78, 5) is 38.6. The molecule has 0 unspecified atom stereocenters. The van der Waals surface area contributed by atoms with Crippen LogP contribution in [0.3, 0.4) is 0 Å². The molecule has 2 amide bonds. The summed E-state index contributed by atoms with van der Waals surface area (Å²) >= 11 is 0. The van der Waals surface area contributed by atoms with E-state index in [4.69, 9.17) is 9.84 Å². The number of pyridine rings is 1. The number of nitrogens with one attached hydrogen (secondary N) is 2. The quantitative estimate of drug-likeness (QED) is 0.401. The zero-order valence-corrected chi connectivity index (χ0v) is 17.9. The number of carbonyl (C=O) groups is 3. The number of rotatable bonds is 9. The fourth-order valence-corrected chi connectivity index (χ4v) is 3.61. The Bertz CT molecular complexity index is 1240. The molecule has 3 aromatic rings. The highest BCUT2D eigenvalue weighted by Gasteiger charge is 2.20. The van der Waals surface area contributed by atoms with Crippen molar-refractivity contribution in [3.05, 3.63) is 89.7 Å². The lowest BCUT2D eigenvalue weighted by molar-refractivity contribution is 0.0689. The minimum Gasteiger partial charge on any atom is -0.492 e. The van der Waals surface area contributed by atoms with Gasteiger partial charge in [0.05, 0.1) is 17.0 Å². The number of nitrogens with zero attached hydrogens (tertiary/aromatic N) is 1.